The van der Waals surface area contributed by atoms with Gasteiger partial charge in [0.25, 0.3) is 0 Å². The maximum absolute atomic E-state index is 14.3. The van der Waals surface area contributed by atoms with Crippen LogP contribution in [0, 0.1) is 0 Å². The number of piperidine rings is 1. The SMILES string of the molecule is CN(C)CCN1CN(c2ccccc2)C2(CCN(C(=O)[C@@H](Cc3ccc(Cl)cc3)NC(=O)C3NCCc4ccccc43)CC2)C1=O. The Morgan fingerprint density at radius 2 is 1.70 bits per heavy atom. The normalized spacial score (nSPS) is 19.8. The van der Waals surface area contributed by atoms with Gasteiger partial charge in [0, 0.05) is 49.9 Å². The molecule has 0 radical (unpaired) electrons. The minimum Gasteiger partial charge on any atom is -0.342 e. The van der Waals surface area contributed by atoms with Gasteiger partial charge in [-0.15, -0.1) is 0 Å². The number of nitrogens with zero attached hydrogens (tertiary/aromatic N) is 4. The lowest BCUT2D eigenvalue weighted by Crippen LogP contribution is -2.60. The largest absolute Gasteiger partial charge is 0.342 e. The Kier molecular flexibility index (Phi) is 9.63. The number of hydrogen-bond donors (Lipinski definition) is 2. The van der Waals surface area contributed by atoms with Crippen LogP contribution in [0.15, 0.2) is 78.9 Å². The summed E-state index contributed by atoms with van der Waals surface area (Å²) in [5.74, 6) is -0.229. The number of hydrogen-bond acceptors (Lipinski definition) is 6. The summed E-state index contributed by atoms with van der Waals surface area (Å²) in [5.41, 5.74) is 3.30. The standard InChI is InChI=1S/C36H43ClN6O3/c1-40(2)22-23-42-25-43(29-9-4-3-5-10-29)36(35(42)46)17-20-41(21-18-36)34(45)31(24-26-12-14-28(37)15-13-26)39-33(44)32-30-11-7-6-8-27(30)16-19-38-32/h3-15,31-32,38H,16-25H2,1-2H3,(H,39,44)/t31-,32?/m1/s1. The van der Waals surface area contributed by atoms with Crippen molar-refractivity contribution >= 4 is 35.0 Å². The molecule has 1 unspecified atom stereocenters. The zero-order valence-corrected chi connectivity index (χ0v) is 27.4. The predicted octanol–water partition coefficient (Wildman–Crippen LogP) is 3.48. The van der Waals surface area contributed by atoms with Crippen molar-refractivity contribution in [1.29, 1.82) is 0 Å². The number of fused-ring (bicyclic) bond motifs is 1. The number of benzene rings is 3. The van der Waals surface area contributed by atoms with Crippen molar-refractivity contribution < 1.29 is 14.4 Å². The fraction of sp³-hybridized carbons (Fsp3) is 0.417. The first-order chi connectivity index (χ1) is 22.2. The molecule has 6 rings (SSSR count). The first-order valence-corrected chi connectivity index (χ1v) is 16.5. The van der Waals surface area contributed by atoms with Gasteiger partial charge in [-0.1, -0.05) is 66.2 Å². The van der Waals surface area contributed by atoms with Gasteiger partial charge >= 0.3 is 0 Å². The lowest BCUT2D eigenvalue weighted by Gasteiger charge is -2.44. The van der Waals surface area contributed by atoms with E-state index in [1.165, 1.54) is 0 Å². The zero-order chi connectivity index (χ0) is 32.3. The smallest absolute Gasteiger partial charge is 0.250 e. The molecule has 10 heteroatoms. The third-order valence-electron chi connectivity index (χ3n) is 9.64. The Morgan fingerprint density at radius 3 is 2.41 bits per heavy atom. The lowest BCUT2D eigenvalue weighted by molar-refractivity contribution is -0.141. The Bertz CT molecular complexity index is 1540. The van der Waals surface area contributed by atoms with Crippen LogP contribution in [-0.2, 0) is 27.2 Å². The van der Waals surface area contributed by atoms with E-state index in [0.29, 0.717) is 57.1 Å². The van der Waals surface area contributed by atoms with Crippen LogP contribution in [-0.4, -0.2) is 97.5 Å². The molecule has 3 aliphatic rings. The summed E-state index contributed by atoms with van der Waals surface area (Å²) in [4.78, 5) is 50.2. The Labute approximate surface area is 276 Å². The molecular weight excluding hydrogens is 600 g/mol. The summed E-state index contributed by atoms with van der Waals surface area (Å²) < 4.78 is 0. The predicted molar refractivity (Wildman–Crippen MR) is 181 cm³/mol. The highest BCUT2D eigenvalue weighted by molar-refractivity contribution is 6.30. The summed E-state index contributed by atoms with van der Waals surface area (Å²) >= 11 is 6.15. The van der Waals surface area contributed by atoms with Crippen LogP contribution in [0.3, 0.4) is 0 Å². The third-order valence-corrected chi connectivity index (χ3v) is 9.89. The van der Waals surface area contributed by atoms with Crippen molar-refractivity contribution in [3.8, 4) is 0 Å². The average molecular weight is 643 g/mol. The number of rotatable bonds is 9. The molecule has 3 aromatic carbocycles. The number of amides is 3. The van der Waals surface area contributed by atoms with E-state index in [1.807, 2.05) is 72.4 Å². The van der Waals surface area contributed by atoms with E-state index in [0.717, 1.165) is 35.3 Å². The number of para-hydroxylation sites is 1. The van der Waals surface area contributed by atoms with Gasteiger partial charge in [-0.25, -0.2) is 0 Å². The van der Waals surface area contributed by atoms with Crippen LogP contribution >= 0.6 is 11.6 Å². The minimum atomic E-state index is -0.764. The fourth-order valence-electron chi connectivity index (χ4n) is 7.06. The molecule has 242 valence electrons. The minimum absolute atomic E-state index is 0.123. The van der Waals surface area contributed by atoms with Crippen molar-refractivity contribution in [3.05, 3.63) is 101 Å². The van der Waals surface area contributed by atoms with Crippen molar-refractivity contribution in [2.75, 3.05) is 58.4 Å². The number of anilines is 1. The number of likely N-dealkylation sites (N-methyl/N-ethyl adjacent to an activating group) is 1. The highest BCUT2D eigenvalue weighted by atomic mass is 35.5. The van der Waals surface area contributed by atoms with Gasteiger partial charge in [0.15, 0.2) is 0 Å². The number of carbonyl (C=O) groups excluding carboxylic acids is 3. The van der Waals surface area contributed by atoms with Crippen LogP contribution in [0.2, 0.25) is 5.02 Å². The summed E-state index contributed by atoms with van der Waals surface area (Å²) in [7, 11) is 4.02. The number of halogens is 1. The average Bonchev–Trinajstić information content (AvgIpc) is 3.34. The van der Waals surface area contributed by atoms with Gasteiger partial charge in [-0.3, -0.25) is 14.4 Å². The quantitative estimate of drug-likeness (QED) is 0.372. The zero-order valence-electron chi connectivity index (χ0n) is 26.6. The van der Waals surface area contributed by atoms with E-state index in [1.54, 1.807) is 12.1 Å². The summed E-state index contributed by atoms with van der Waals surface area (Å²) in [6, 6.07) is 24.1. The van der Waals surface area contributed by atoms with Gasteiger partial charge < -0.3 is 30.2 Å². The second kappa shape index (κ2) is 13.8. The second-order valence-corrected chi connectivity index (χ2v) is 13.3. The van der Waals surface area contributed by atoms with Gasteiger partial charge in [-0.2, -0.15) is 0 Å². The Balaban J connectivity index is 1.21. The summed E-state index contributed by atoms with van der Waals surface area (Å²) in [5, 5.41) is 7.07. The van der Waals surface area contributed by atoms with Gasteiger partial charge in [-0.05, 0) is 74.3 Å². The molecule has 3 heterocycles. The number of carbonyl (C=O) groups is 3. The van der Waals surface area contributed by atoms with Crippen molar-refractivity contribution in [2.24, 2.45) is 0 Å². The molecule has 0 aromatic heterocycles. The first kappa shape index (κ1) is 32.0. The van der Waals surface area contributed by atoms with Gasteiger partial charge in [0.1, 0.15) is 17.6 Å². The van der Waals surface area contributed by atoms with Crippen molar-refractivity contribution in [1.82, 2.24) is 25.3 Å². The van der Waals surface area contributed by atoms with E-state index < -0.39 is 17.6 Å². The molecule has 0 aliphatic carbocycles. The molecule has 46 heavy (non-hydrogen) atoms. The Morgan fingerprint density at radius 1 is 1.00 bits per heavy atom. The third kappa shape index (κ3) is 6.63. The monoisotopic (exact) mass is 642 g/mol. The molecule has 3 amide bonds. The highest BCUT2D eigenvalue weighted by Gasteiger charge is 2.54. The molecule has 2 atom stereocenters. The van der Waals surface area contributed by atoms with Crippen LogP contribution in [0.1, 0.15) is 35.6 Å². The molecule has 3 aromatic rings. The summed E-state index contributed by atoms with van der Waals surface area (Å²) in [6.07, 6.45) is 2.23. The maximum atomic E-state index is 14.3. The molecular formula is C36H43ClN6O3. The van der Waals surface area contributed by atoms with E-state index in [4.69, 9.17) is 11.6 Å². The highest BCUT2D eigenvalue weighted by Crippen LogP contribution is 2.39. The van der Waals surface area contributed by atoms with Crippen LogP contribution < -0.4 is 15.5 Å². The lowest BCUT2D eigenvalue weighted by atomic mass is 9.85. The van der Waals surface area contributed by atoms with E-state index in [2.05, 4.69) is 38.6 Å². The molecule has 0 bridgehead atoms. The molecule has 3 aliphatic heterocycles. The first-order valence-electron chi connectivity index (χ1n) is 16.2. The molecule has 2 N–H and O–H groups in total. The molecule has 2 saturated heterocycles. The topological polar surface area (TPSA) is 88.2 Å². The van der Waals surface area contributed by atoms with E-state index in [-0.39, 0.29) is 17.7 Å². The maximum Gasteiger partial charge on any atom is 0.250 e. The fourth-order valence-corrected chi connectivity index (χ4v) is 7.19. The van der Waals surface area contributed by atoms with E-state index in [9.17, 15) is 14.4 Å². The molecule has 0 saturated carbocycles. The molecule has 1 spiro atoms. The van der Waals surface area contributed by atoms with Crippen molar-refractivity contribution in [2.45, 2.75) is 43.3 Å². The molecule has 9 nitrogen and oxygen atoms in total. The summed E-state index contributed by atoms with van der Waals surface area (Å²) in [6.45, 7) is 3.49. The van der Waals surface area contributed by atoms with Gasteiger partial charge in [0.05, 0.1) is 6.67 Å². The van der Waals surface area contributed by atoms with Crippen molar-refractivity contribution in [3.63, 3.8) is 0 Å². The Hall–Kier alpha value is -3.92. The molecule has 2 fully saturated rings. The number of nitrogens with one attached hydrogen (secondary N) is 2. The second-order valence-electron chi connectivity index (χ2n) is 12.9. The van der Waals surface area contributed by atoms with E-state index >= 15 is 0 Å². The van der Waals surface area contributed by atoms with Crippen LogP contribution in [0.4, 0.5) is 5.69 Å². The van der Waals surface area contributed by atoms with Crippen LogP contribution in [0.5, 0.6) is 0 Å². The number of likely N-dealkylation sites (tertiary alicyclic amines) is 1. The van der Waals surface area contributed by atoms with Gasteiger partial charge in [0.2, 0.25) is 17.7 Å². The van der Waals surface area contributed by atoms with Crippen LogP contribution in [0.25, 0.3) is 0 Å².